The lowest BCUT2D eigenvalue weighted by atomic mass is 10.1. The number of anilines is 1. The van der Waals surface area contributed by atoms with Crippen LogP contribution in [0.3, 0.4) is 0 Å². The van der Waals surface area contributed by atoms with Gasteiger partial charge in [-0.2, -0.15) is 0 Å². The minimum atomic E-state index is 0.202. The molecule has 0 saturated carbocycles. The molecule has 1 unspecified atom stereocenters. The average molecular weight is 273 g/mol. The number of likely N-dealkylation sites (tertiary alicyclic amines) is 1. The molecule has 1 amide bonds. The zero-order valence-corrected chi connectivity index (χ0v) is 11.9. The van der Waals surface area contributed by atoms with Crippen molar-refractivity contribution < 1.29 is 4.79 Å². The number of amides is 1. The Kier molecular flexibility index (Phi) is 4.03. The molecule has 2 N–H and O–H groups in total. The van der Waals surface area contributed by atoms with Crippen molar-refractivity contribution in [2.45, 2.75) is 25.8 Å². The van der Waals surface area contributed by atoms with E-state index >= 15 is 0 Å². The van der Waals surface area contributed by atoms with E-state index in [2.05, 4.69) is 29.2 Å². The molecule has 1 aromatic carbocycles. The van der Waals surface area contributed by atoms with Crippen LogP contribution in [0.4, 0.5) is 5.69 Å². The van der Waals surface area contributed by atoms with E-state index in [0.29, 0.717) is 18.9 Å². The molecule has 0 spiro atoms. The predicted octanol–water partition coefficient (Wildman–Crippen LogP) is 1.59. The van der Waals surface area contributed by atoms with E-state index < -0.39 is 0 Å². The van der Waals surface area contributed by atoms with Crippen LogP contribution in [-0.2, 0) is 11.3 Å². The number of nitrogens with two attached hydrogens (primary N) is 1. The van der Waals surface area contributed by atoms with E-state index in [-0.39, 0.29) is 5.91 Å². The third-order valence-electron chi connectivity index (χ3n) is 4.39. The van der Waals surface area contributed by atoms with Crippen molar-refractivity contribution in [2.24, 2.45) is 11.7 Å². The van der Waals surface area contributed by atoms with Crippen LogP contribution in [0.15, 0.2) is 24.3 Å². The van der Waals surface area contributed by atoms with Crippen LogP contribution in [0.5, 0.6) is 0 Å². The van der Waals surface area contributed by atoms with E-state index in [1.54, 1.807) is 0 Å². The van der Waals surface area contributed by atoms with Gasteiger partial charge in [-0.05, 0) is 56.1 Å². The predicted molar refractivity (Wildman–Crippen MR) is 80.5 cm³/mol. The minimum absolute atomic E-state index is 0.202. The van der Waals surface area contributed by atoms with Crippen molar-refractivity contribution in [1.82, 2.24) is 4.90 Å². The van der Waals surface area contributed by atoms with Gasteiger partial charge in [-0.3, -0.25) is 9.69 Å². The second kappa shape index (κ2) is 5.94. The standard InChI is InChI=1S/C16H23N3O/c17-10-14-9-16(20)19(12-14)15-5-3-13(4-6-15)11-18-7-1-2-8-18/h3-6,14H,1-2,7-12,17H2. The molecule has 0 aromatic heterocycles. The Morgan fingerprint density at radius 1 is 1.15 bits per heavy atom. The molecule has 0 bridgehead atoms. The van der Waals surface area contributed by atoms with Gasteiger partial charge < -0.3 is 10.6 Å². The summed E-state index contributed by atoms with van der Waals surface area (Å²) in [7, 11) is 0. The monoisotopic (exact) mass is 273 g/mol. The van der Waals surface area contributed by atoms with Crippen LogP contribution >= 0.6 is 0 Å². The molecule has 20 heavy (non-hydrogen) atoms. The highest BCUT2D eigenvalue weighted by molar-refractivity contribution is 5.95. The van der Waals surface area contributed by atoms with Gasteiger partial charge in [-0.15, -0.1) is 0 Å². The maximum atomic E-state index is 12.0. The van der Waals surface area contributed by atoms with Crippen molar-refractivity contribution >= 4 is 11.6 Å². The molecule has 2 aliphatic rings. The Bertz CT molecular complexity index is 465. The molecule has 0 aliphatic carbocycles. The first-order chi connectivity index (χ1) is 9.76. The number of carbonyl (C=O) groups excluding carboxylic acids is 1. The molecule has 1 atom stereocenters. The summed E-state index contributed by atoms with van der Waals surface area (Å²) < 4.78 is 0. The van der Waals surface area contributed by atoms with Gasteiger partial charge in [-0.25, -0.2) is 0 Å². The van der Waals surface area contributed by atoms with Crippen LogP contribution in [0, 0.1) is 5.92 Å². The summed E-state index contributed by atoms with van der Waals surface area (Å²) in [4.78, 5) is 16.3. The van der Waals surface area contributed by atoms with E-state index in [0.717, 1.165) is 18.8 Å². The number of hydrogen-bond donors (Lipinski definition) is 1. The van der Waals surface area contributed by atoms with Crippen molar-refractivity contribution in [3.8, 4) is 0 Å². The molecule has 4 heteroatoms. The summed E-state index contributed by atoms with van der Waals surface area (Å²) in [5, 5.41) is 0. The Hall–Kier alpha value is -1.39. The molecule has 2 saturated heterocycles. The average Bonchev–Trinajstić information content (AvgIpc) is 3.09. The Morgan fingerprint density at radius 3 is 2.45 bits per heavy atom. The maximum absolute atomic E-state index is 12.0. The molecular weight excluding hydrogens is 250 g/mol. The fourth-order valence-corrected chi connectivity index (χ4v) is 3.17. The molecule has 1 aromatic rings. The summed E-state index contributed by atoms with van der Waals surface area (Å²) in [6.07, 6.45) is 3.23. The van der Waals surface area contributed by atoms with Crippen molar-refractivity contribution in [3.05, 3.63) is 29.8 Å². The first-order valence-electron chi connectivity index (χ1n) is 7.58. The first-order valence-corrected chi connectivity index (χ1v) is 7.58. The Morgan fingerprint density at radius 2 is 1.85 bits per heavy atom. The molecular formula is C16H23N3O. The SMILES string of the molecule is NCC1CC(=O)N(c2ccc(CN3CCCC3)cc2)C1. The fraction of sp³-hybridized carbons (Fsp3) is 0.562. The van der Waals surface area contributed by atoms with Crippen LogP contribution in [0.25, 0.3) is 0 Å². The second-order valence-corrected chi connectivity index (χ2v) is 5.96. The lowest BCUT2D eigenvalue weighted by molar-refractivity contribution is -0.117. The molecule has 2 fully saturated rings. The second-order valence-electron chi connectivity index (χ2n) is 5.96. The molecule has 3 rings (SSSR count). The van der Waals surface area contributed by atoms with Crippen molar-refractivity contribution in [2.75, 3.05) is 31.1 Å². The van der Waals surface area contributed by atoms with Crippen LogP contribution in [0.1, 0.15) is 24.8 Å². The number of nitrogens with zero attached hydrogens (tertiary/aromatic N) is 2. The van der Waals surface area contributed by atoms with Gasteiger partial charge in [0.15, 0.2) is 0 Å². The quantitative estimate of drug-likeness (QED) is 0.906. The van der Waals surface area contributed by atoms with Crippen molar-refractivity contribution in [1.29, 1.82) is 0 Å². The van der Waals surface area contributed by atoms with Crippen LogP contribution in [0.2, 0.25) is 0 Å². The summed E-state index contributed by atoms with van der Waals surface area (Å²) in [5.74, 6) is 0.513. The first kappa shape index (κ1) is 13.6. The largest absolute Gasteiger partial charge is 0.330 e. The minimum Gasteiger partial charge on any atom is -0.330 e. The lowest BCUT2D eigenvalue weighted by Crippen LogP contribution is -2.25. The number of rotatable bonds is 4. The highest BCUT2D eigenvalue weighted by Gasteiger charge is 2.29. The Balaban J connectivity index is 1.65. The zero-order valence-electron chi connectivity index (χ0n) is 11.9. The van der Waals surface area contributed by atoms with Crippen molar-refractivity contribution in [3.63, 3.8) is 0 Å². The van der Waals surface area contributed by atoms with Gasteiger partial charge in [-0.1, -0.05) is 12.1 Å². The molecule has 4 nitrogen and oxygen atoms in total. The van der Waals surface area contributed by atoms with Gasteiger partial charge in [0.05, 0.1) is 0 Å². The molecule has 0 radical (unpaired) electrons. The summed E-state index contributed by atoms with van der Waals surface area (Å²) in [5.41, 5.74) is 8.01. The summed E-state index contributed by atoms with van der Waals surface area (Å²) in [6, 6.07) is 8.44. The topological polar surface area (TPSA) is 49.6 Å². The smallest absolute Gasteiger partial charge is 0.227 e. The molecule has 108 valence electrons. The van der Waals surface area contributed by atoms with Gasteiger partial charge in [0.1, 0.15) is 0 Å². The molecule has 2 aliphatic heterocycles. The summed E-state index contributed by atoms with van der Waals surface area (Å²) >= 11 is 0. The van der Waals surface area contributed by atoms with E-state index in [4.69, 9.17) is 5.73 Å². The number of hydrogen-bond acceptors (Lipinski definition) is 3. The third kappa shape index (κ3) is 2.86. The lowest BCUT2D eigenvalue weighted by Gasteiger charge is -2.18. The van der Waals surface area contributed by atoms with Crippen LogP contribution in [-0.4, -0.2) is 37.0 Å². The van der Waals surface area contributed by atoms with E-state index in [9.17, 15) is 4.79 Å². The van der Waals surface area contributed by atoms with Crippen LogP contribution < -0.4 is 10.6 Å². The third-order valence-corrected chi connectivity index (χ3v) is 4.39. The fourth-order valence-electron chi connectivity index (χ4n) is 3.17. The normalized spacial score (nSPS) is 23.8. The van der Waals surface area contributed by atoms with Gasteiger partial charge in [0.25, 0.3) is 0 Å². The Labute approximate surface area is 120 Å². The van der Waals surface area contributed by atoms with E-state index in [1.807, 2.05) is 4.90 Å². The van der Waals surface area contributed by atoms with Gasteiger partial charge in [0, 0.05) is 25.2 Å². The highest BCUT2D eigenvalue weighted by atomic mass is 16.2. The highest BCUT2D eigenvalue weighted by Crippen LogP contribution is 2.25. The zero-order chi connectivity index (χ0) is 13.9. The van der Waals surface area contributed by atoms with Gasteiger partial charge in [0.2, 0.25) is 5.91 Å². The van der Waals surface area contributed by atoms with Gasteiger partial charge >= 0.3 is 0 Å². The molecule has 2 heterocycles. The summed E-state index contributed by atoms with van der Waals surface area (Å²) in [6.45, 7) is 4.81. The number of benzene rings is 1. The van der Waals surface area contributed by atoms with E-state index in [1.165, 1.54) is 31.5 Å². The maximum Gasteiger partial charge on any atom is 0.227 e. The number of carbonyl (C=O) groups is 1.